The van der Waals surface area contributed by atoms with Crippen LogP contribution in [0.4, 0.5) is 4.39 Å². The number of nitrogens with zero attached hydrogens (tertiary/aromatic N) is 3. The molecular weight excluding hydrogens is 339 g/mol. The van der Waals surface area contributed by atoms with Gasteiger partial charge < -0.3 is 9.30 Å². The molecule has 0 atom stereocenters. The molecule has 124 valence electrons. The molecule has 1 saturated carbocycles. The first-order valence-electron chi connectivity index (χ1n) is 7.48. The Balaban J connectivity index is 2.20. The van der Waals surface area contributed by atoms with Gasteiger partial charge in [-0.05, 0) is 19.8 Å². The fourth-order valence-corrected chi connectivity index (χ4v) is 3.12. The van der Waals surface area contributed by atoms with Crippen molar-refractivity contribution in [2.75, 3.05) is 6.61 Å². The molecule has 1 N–H and O–H groups in total. The number of rotatable bonds is 3. The van der Waals surface area contributed by atoms with Gasteiger partial charge in [-0.2, -0.15) is 15.4 Å². The summed E-state index contributed by atoms with van der Waals surface area (Å²) in [6.45, 7) is 1.80. The van der Waals surface area contributed by atoms with Crippen molar-refractivity contribution in [3.63, 3.8) is 0 Å². The molecule has 2 heterocycles. The monoisotopic (exact) mass is 350 g/mol. The van der Waals surface area contributed by atoms with Crippen LogP contribution in [0.2, 0.25) is 5.02 Å². The summed E-state index contributed by atoms with van der Waals surface area (Å²) < 4.78 is 21.1. The van der Waals surface area contributed by atoms with E-state index in [9.17, 15) is 14.0 Å². The Bertz CT molecular complexity index is 1050. The first-order chi connectivity index (χ1) is 11.5. The number of carbonyl (C=O) groups is 1. The van der Waals surface area contributed by atoms with E-state index < -0.39 is 17.2 Å². The van der Waals surface area contributed by atoms with Gasteiger partial charge in [-0.1, -0.05) is 11.6 Å². The Labute approximate surface area is 139 Å². The number of hydrogen-bond donors (Lipinski definition) is 1. The molecule has 9 heteroatoms. The Hall–Kier alpha value is -2.48. The first kappa shape index (κ1) is 15.1. The van der Waals surface area contributed by atoms with E-state index in [1.165, 1.54) is 6.20 Å². The predicted molar refractivity (Wildman–Crippen MR) is 84.9 cm³/mol. The van der Waals surface area contributed by atoms with Crippen LogP contribution in [0.15, 0.2) is 11.0 Å². The summed E-state index contributed by atoms with van der Waals surface area (Å²) in [5, 5.41) is 9.76. The van der Waals surface area contributed by atoms with Crippen LogP contribution in [-0.2, 0) is 4.74 Å². The molecule has 0 bridgehead atoms. The average Bonchev–Trinajstić information content (AvgIpc) is 3.29. The summed E-state index contributed by atoms with van der Waals surface area (Å²) in [5.74, 6) is -1.47. The van der Waals surface area contributed by atoms with Crippen LogP contribution in [-0.4, -0.2) is 32.6 Å². The fraction of sp³-hybridized carbons (Fsp3) is 0.333. The van der Waals surface area contributed by atoms with Crippen LogP contribution in [0.3, 0.4) is 0 Å². The standard InChI is InChI=1S/C15H12ClFN4O3/c1-2-24-15(23)7-5-21(6-3-4-6)13-8(14(7)22)11-12(19-20-18-11)10(17)9(13)16/h5-6H,2-4H2,1H3,(H,18,19,20). The van der Waals surface area contributed by atoms with Crippen LogP contribution in [0.1, 0.15) is 36.2 Å². The van der Waals surface area contributed by atoms with Crippen LogP contribution in [0.25, 0.3) is 21.9 Å². The zero-order chi connectivity index (χ0) is 17.0. The fourth-order valence-electron chi connectivity index (χ4n) is 2.84. The number of pyridine rings is 1. The minimum atomic E-state index is -0.745. The molecule has 1 aliphatic carbocycles. The van der Waals surface area contributed by atoms with E-state index in [1.807, 2.05) is 0 Å². The lowest BCUT2D eigenvalue weighted by molar-refractivity contribution is 0.0524. The van der Waals surface area contributed by atoms with E-state index in [0.717, 1.165) is 12.8 Å². The minimum absolute atomic E-state index is 0.0532. The van der Waals surface area contributed by atoms with Crippen LogP contribution >= 0.6 is 11.6 Å². The highest BCUT2D eigenvalue weighted by molar-refractivity contribution is 6.37. The third-order valence-electron chi connectivity index (χ3n) is 4.06. The van der Waals surface area contributed by atoms with Gasteiger partial charge >= 0.3 is 5.97 Å². The molecule has 1 aromatic carbocycles. The third-order valence-corrected chi connectivity index (χ3v) is 4.41. The molecule has 4 rings (SSSR count). The van der Waals surface area contributed by atoms with Crippen molar-refractivity contribution in [2.24, 2.45) is 0 Å². The van der Waals surface area contributed by atoms with Gasteiger partial charge in [0, 0.05) is 12.2 Å². The van der Waals surface area contributed by atoms with Gasteiger partial charge in [0.05, 0.1) is 17.5 Å². The summed E-state index contributed by atoms with van der Waals surface area (Å²) in [6.07, 6.45) is 3.11. The van der Waals surface area contributed by atoms with Gasteiger partial charge in [-0.3, -0.25) is 4.79 Å². The highest BCUT2D eigenvalue weighted by Crippen LogP contribution is 2.40. The van der Waals surface area contributed by atoms with Gasteiger partial charge in [0.15, 0.2) is 11.3 Å². The van der Waals surface area contributed by atoms with E-state index >= 15 is 0 Å². The highest BCUT2D eigenvalue weighted by atomic mass is 35.5. The van der Waals surface area contributed by atoms with Crippen molar-refractivity contribution in [2.45, 2.75) is 25.8 Å². The van der Waals surface area contributed by atoms with Crippen molar-refractivity contribution in [3.8, 4) is 0 Å². The molecule has 0 saturated heterocycles. The van der Waals surface area contributed by atoms with Gasteiger partial charge in [0.25, 0.3) is 0 Å². The number of H-pyrrole nitrogens is 1. The number of carbonyl (C=O) groups excluding carboxylic acids is 1. The molecule has 24 heavy (non-hydrogen) atoms. The molecule has 3 aromatic rings. The average molecular weight is 351 g/mol. The normalized spacial score (nSPS) is 14.5. The van der Waals surface area contributed by atoms with Crippen molar-refractivity contribution in [3.05, 3.63) is 32.8 Å². The van der Waals surface area contributed by atoms with E-state index in [4.69, 9.17) is 16.3 Å². The van der Waals surface area contributed by atoms with Crippen molar-refractivity contribution < 1.29 is 13.9 Å². The lowest BCUT2D eigenvalue weighted by Crippen LogP contribution is -2.21. The van der Waals surface area contributed by atoms with Crippen LogP contribution in [0, 0.1) is 5.82 Å². The predicted octanol–water partition coefficient (Wildman–Crippen LogP) is 2.58. The van der Waals surface area contributed by atoms with Crippen molar-refractivity contribution in [1.29, 1.82) is 0 Å². The summed E-state index contributed by atoms with van der Waals surface area (Å²) >= 11 is 6.17. The molecule has 1 aliphatic rings. The number of esters is 1. The number of nitrogens with one attached hydrogen (secondary N) is 1. The quantitative estimate of drug-likeness (QED) is 0.733. The van der Waals surface area contributed by atoms with E-state index in [2.05, 4.69) is 15.4 Å². The topological polar surface area (TPSA) is 89.9 Å². The maximum atomic E-state index is 14.5. The SMILES string of the molecule is CCOC(=O)c1cn(C2CC2)c2c(Cl)c(F)c3n[nH]nc3c2c1=O. The number of halogens is 2. The number of hydrogen-bond acceptors (Lipinski definition) is 5. The molecule has 1 fully saturated rings. The first-order valence-corrected chi connectivity index (χ1v) is 7.85. The Morgan fingerprint density at radius 1 is 1.46 bits per heavy atom. The number of benzene rings is 1. The molecule has 7 nitrogen and oxygen atoms in total. The van der Waals surface area contributed by atoms with E-state index in [0.29, 0.717) is 0 Å². The largest absolute Gasteiger partial charge is 0.462 e. The molecule has 0 spiro atoms. The third kappa shape index (κ3) is 2.02. The Morgan fingerprint density at radius 3 is 2.83 bits per heavy atom. The zero-order valence-corrected chi connectivity index (χ0v) is 13.4. The molecule has 0 aliphatic heterocycles. The number of aromatic amines is 1. The molecule has 2 aromatic heterocycles. The summed E-state index contributed by atoms with van der Waals surface area (Å²) in [4.78, 5) is 25.0. The zero-order valence-electron chi connectivity index (χ0n) is 12.6. The van der Waals surface area contributed by atoms with Gasteiger partial charge in [-0.25, -0.2) is 9.18 Å². The van der Waals surface area contributed by atoms with Crippen LogP contribution < -0.4 is 5.43 Å². The van der Waals surface area contributed by atoms with Crippen molar-refractivity contribution >= 4 is 39.5 Å². The molecular formula is C15H12ClFN4O3. The van der Waals surface area contributed by atoms with Crippen molar-refractivity contribution in [1.82, 2.24) is 20.0 Å². The molecule has 0 unspecified atom stereocenters. The van der Waals surface area contributed by atoms with Gasteiger partial charge in [-0.15, -0.1) is 0 Å². The summed E-state index contributed by atoms with van der Waals surface area (Å²) in [7, 11) is 0. The number of fused-ring (bicyclic) bond motifs is 3. The molecule has 0 amide bonds. The summed E-state index contributed by atoms with van der Waals surface area (Å²) in [5.41, 5.74) is -0.564. The second-order valence-corrected chi connectivity index (χ2v) is 5.98. The maximum Gasteiger partial charge on any atom is 0.343 e. The Kier molecular flexibility index (Phi) is 3.31. The van der Waals surface area contributed by atoms with E-state index in [-0.39, 0.29) is 45.2 Å². The smallest absolute Gasteiger partial charge is 0.343 e. The lowest BCUT2D eigenvalue weighted by atomic mass is 10.1. The van der Waals surface area contributed by atoms with E-state index in [1.54, 1.807) is 11.5 Å². The van der Waals surface area contributed by atoms with Crippen LogP contribution in [0.5, 0.6) is 0 Å². The van der Waals surface area contributed by atoms with Gasteiger partial charge in [0.2, 0.25) is 5.43 Å². The number of aromatic nitrogens is 4. The minimum Gasteiger partial charge on any atom is -0.462 e. The van der Waals surface area contributed by atoms with Gasteiger partial charge in [0.1, 0.15) is 16.1 Å². The summed E-state index contributed by atoms with van der Waals surface area (Å²) in [6, 6.07) is 0.0579. The lowest BCUT2D eigenvalue weighted by Gasteiger charge is -2.14. The second kappa shape index (κ2) is 5.27. The number of ether oxygens (including phenoxy) is 1. The second-order valence-electron chi connectivity index (χ2n) is 5.60. The highest BCUT2D eigenvalue weighted by Gasteiger charge is 2.31. The maximum absolute atomic E-state index is 14.5. The Morgan fingerprint density at radius 2 is 2.17 bits per heavy atom. The molecule has 0 radical (unpaired) electrons.